The lowest BCUT2D eigenvalue weighted by Crippen LogP contribution is -2.33. The van der Waals surface area contributed by atoms with Crippen molar-refractivity contribution in [3.63, 3.8) is 0 Å². The Morgan fingerprint density at radius 1 is 1.28 bits per heavy atom. The van der Waals surface area contributed by atoms with Gasteiger partial charge in [-0.1, -0.05) is 12.1 Å². The van der Waals surface area contributed by atoms with Crippen LogP contribution < -0.4 is 10.1 Å². The Hall–Kier alpha value is -1.48. The van der Waals surface area contributed by atoms with Crippen molar-refractivity contribution in [1.82, 2.24) is 0 Å². The highest BCUT2D eigenvalue weighted by Gasteiger charge is 2.30. The van der Waals surface area contributed by atoms with Crippen molar-refractivity contribution < 1.29 is 4.74 Å². The molecule has 3 rings (SSSR count). The van der Waals surface area contributed by atoms with Gasteiger partial charge in [0.05, 0.1) is 7.11 Å². The van der Waals surface area contributed by atoms with Crippen molar-refractivity contribution in [3.8, 4) is 5.75 Å². The summed E-state index contributed by atoms with van der Waals surface area (Å²) >= 11 is 1.74. The molecule has 0 atom stereocenters. The number of benzene rings is 1. The van der Waals surface area contributed by atoms with E-state index in [0.29, 0.717) is 12.0 Å². The first kappa shape index (κ1) is 11.6. The van der Waals surface area contributed by atoms with Crippen LogP contribution in [0.5, 0.6) is 5.75 Å². The van der Waals surface area contributed by atoms with Crippen LogP contribution in [0.2, 0.25) is 0 Å². The predicted octanol–water partition coefficient (Wildman–Crippen LogP) is 4.11. The standard InChI is InChI=1S/C15H17NOS/c1-17-15-4-2-3-11(9-15)12-7-14(8-12)16-13-5-6-18-10-13/h2-6,9-10,12,14,16H,7-8H2,1H3. The number of rotatable bonds is 4. The van der Waals surface area contributed by atoms with E-state index in [-0.39, 0.29) is 0 Å². The number of methoxy groups -OCH3 is 1. The van der Waals surface area contributed by atoms with Gasteiger partial charge in [0.1, 0.15) is 5.75 Å². The summed E-state index contributed by atoms with van der Waals surface area (Å²) in [7, 11) is 1.72. The molecule has 0 aliphatic heterocycles. The molecule has 1 aliphatic carbocycles. The molecule has 1 saturated carbocycles. The summed E-state index contributed by atoms with van der Waals surface area (Å²) in [4.78, 5) is 0. The summed E-state index contributed by atoms with van der Waals surface area (Å²) in [6, 6.07) is 11.2. The SMILES string of the molecule is COc1cccc(C2CC(Nc3ccsc3)C2)c1. The lowest BCUT2D eigenvalue weighted by molar-refractivity contribution is 0.370. The smallest absolute Gasteiger partial charge is 0.119 e. The Bertz CT molecular complexity index is 503. The van der Waals surface area contributed by atoms with Crippen molar-refractivity contribution in [2.75, 3.05) is 12.4 Å². The van der Waals surface area contributed by atoms with Gasteiger partial charge in [0.15, 0.2) is 0 Å². The maximum absolute atomic E-state index is 5.27. The minimum absolute atomic E-state index is 0.621. The average Bonchev–Trinajstić information content (AvgIpc) is 2.86. The maximum atomic E-state index is 5.27. The van der Waals surface area contributed by atoms with Crippen LogP contribution in [0.15, 0.2) is 41.1 Å². The molecular weight excluding hydrogens is 242 g/mol. The van der Waals surface area contributed by atoms with Gasteiger partial charge in [0, 0.05) is 17.1 Å². The molecule has 0 amide bonds. The molecule has 2 aromatic rings. The second kappa shape index (κ2) is 5.02. The Balaban J connectivity index is 1.58. The monoisotopic (exact) mass is 259 g/mol. The number of nitrogens with one attached hydrogen (secondary N) is 1. The fourth-order valence-corrected chi connectivity index (χ4v) is 3.08. The third-order valence-electron chi connectivity index (χ3n) is 3.60. The Morgan fingerprint density at radius 2 is 2.17 bits per heavy atom. The van der Waals surface area contributed by atoms with Crippen molar-refractivity contribution >= 4 is 17.0 Å². The quantitative estimate of drug-likeness (QED) is 0.892. The molecule has 18 heavy (non-hydrogen) atoms. The minimum atomic E-state index is 0.621. The van der Waals surface area contributed by atoms with E-state index in [0.717, 1.165) is 5.75 Å². The van der Waals surface area contributed by atoms with Crippen LogP contribution >= 0.6 is 11.3 Å². The molecule has 0 unspecified atom stereocenters. The third kappa shape index (κ3) is 2.36. The van der Waals surface area contributed by atoms with E-state index in [1.54, 1.807) is 18.4 Å². The number of ether oxygens (including phenoxy) is 1. The Kier molecular flexibility index (Phi) is 3.24. The second-order valence-corrected chi connectivity index (χ2v) is 5.58. The molecule has 0 spiro atoms. The van der Waals surface area contributed by atoms with E-state index in [4.69, 9.17) is 4.74 Å². The molecule has 1 aromatic carbocycles. The molecule has 0 radical (unpaired) electrons. The van der Waals surface area contributed by atoms with Gasteiger partial charge in [-0.25, -0.2) is 0 Å². The number of anilines is 1. The summed E-state index contributed by atoms with van der Waals surface area (Å²) in [5.41, 5.74) is 2.66. The van der Waals surface area contributed by atoms with Crippen LogP contribution in [0.25, 0.3) is 0 Å². The van der Waals surface area contributed by atoms with E-state index < -0.39 is 0 Å². The summed E-state index contributed by atoms with van der Waals surface area (Å²) in [5.74, 6) is 1.64. The molecule has 94 valence electrons. The molecule has 1 N–H and O–H groups in total. The van der Waals surface area contributed by atoms with Gasteiger partial charge >= 0.3 is 0 Å². The van der Waals surface area contributed by atoms with Gasteiger partial charge in [0.2, 0.25) is 0 Å². The van der Waals surface area contributed by atoms with Gasteiger partial charge in [0.25, 0.3) is 0 Å². The maximum Gasteiger partial charge on any atom is 0.119 e. The van der Waals surface area contributed by atoms with Crippen LogP contribution in [0.1, 0.15) is 24.3 Å². The zero-order chi connectivity index (χ0) is 12.4. The van der Waals surface area contributed by atoms with Gasteiger partial charge < -0.3 is 10.1 Å². The molecule has 0 saturated heterocycles. The fraction of sp³-hybridized carbons (Fsp3) is 0.333. The zero-order valence-electron chi connectivity index (χ0n) is 10.4. The molecule has 2 nitrogen and oxygen atoms in total. The van der Waals surface area contributed by atoms with Crippen molar-refractivity contribution in [3.05, 3.63) is 46.7 Å². The zero-order valence-corrected chi connectivity index (χ0v) is 11.2. The highest BCUT2D eigenvalue weighted by atomic mass is 32.1. The van der Waals surface area contributed by atoms with Crippen LogP contribution in [0.3, 0.4) is 0 Å². The van der Waals surface area contributed by atoms with Crippen LogP contribution in [0, 0.1) is 0 Å². The molecular formula is C15H17NOS. The van der Waals surface area contributed by atoms with E-state index in [9.17, 15) is 0 Å². The Labute approximate surface area is 112 Å². The normalized spacial score (nSPS) is 22.3. The lowest BCUT2D eigenvalue weighted by Gasteiger charge is -2.36. The third-order valence-corrected chi connectivity index (χ3v) is 4.28. The number of thiophene rings is 1. The minimum Gasteiger partial charge on any atom is -0.497 e. The summed E-state index contributed by atoms with van der Waals surface area (Å²) in [6.45, 7) is 0. The average molecular weight is 259 g/mol. The first-order valence-corrected chi connectivity index (χ1v) is 7.22. The predicted molar refractivity (Wildman–Crippen MR) is 76.7 cm³/mol. The molecule has 1 aromatic heterocycles. The van der Waals surface area contributed by atoms with Crippen LogP contribution in [0.4, 0.5) is 5.69 Å². The number of hydrogen-bond acceptors (Lipinski definition) is 3. The van der Waals surface area contributed by atoms with Gasteiger partial charge in [-0.3, -0.25) is 0 Å². The molecule has 0 bridgehead atoms. The van der Waals surface area contributed by atoms with Gasteiger partial charge in [-0.2, -0.15) is 11.3 Å². The van der Waals surface area contributed by atoms with Crippen molar-refractivity contribution in [2.24, 2.45) is 0 Å². The van der Waals surface area contributed by atoms with Crippen molar-refractivity contribution in [1.29, 1.82) is 0 Å². The van der Waals surface area contributed by atoms with Crippen molar-refractivity contribution in [2.45, 2.75) is 24.8 Å². The molecule has 1 aliphatic rings. The van der Waals surface area contributed by atoms with Gasteiger partial charge in [-0.05, 0) is 47.9 Å². The fourth-order valence-electron chi connectivity index (χ4n) is 2.49. The van der Waals surface area contributed by atoms with E-state index in [1.165, 1.54) is 24.1 Å². The molecule has 3 heteroatoms. The lowest BCUT2D eigenvalue weighted by atomic mass is 9.76. The highest BCUT2D eigenvalue weighted by molar-refractivity contribution is 7.08. The number of hydrogen-bond donors (Lipinski definition) is 1. The first-order chi connectivity index (χ1) is 8.85. The highest BCUT2D eigenvalue weighted by Crippen LogP contribution is 2.39. The van der Waals surface area contributed by atoms with Gasteiger partial charge in [-0.15, -0.1) is 0 Å². The molecule has 1 heterocycles. The largest absolute Gasteiger partial charge is 0.497 e. The second-order valence-electron chi connectivity index (χ2n) is 4.80. The topological polar surface area (TPSA) is 21.3 Å². The van der Waals surface area contributed by atoms with Crippen LogP contribution in [-0.2, 0) is 0 Å². The molecule has 1 fully saturated rings. The summed E-state index contributed by atoms with van der Waals surface area (Å²) in [6.07, 6.45) is 2.42. The van der Waals surface area contributed by atoms with E-state index in [2.05, 4.69) is 40.3 Å². The summed E-state index contributed by atoms with van der Waals surface area (Å²) in [5, 5.41) is 7.84. The van der Waals surface area contributed by atoms with Crippen LogP contribution in [-0.4, -0.2) is 13.2 Å². The summed E-state index contributed by atoms with van der Waals surface area (Å²) < 4.78 is 5.27. The first-order valence-electron chi connectivity index (χ1n) is 6.28. The van der Waals surface area contributed by atoms with E-state index in [1.807, 2.05) is 6.07 Å². The Morgan fingerprint density at radius 3 is 2.89 bits per heavy atom. The van der Waals surface area contributed by atoms with E-state index >= 15 is 0 Å².